The highest BCUT2D eigenvalue weighted by Crippen LogP contribution is 2.19. The van der Waals surface area contributed by atoms with Gasteiger partial charge in [-0.15, -0.1) is 0 Å². The molecular formula is C8H13IO2. The number of carbonyl (C=O) groups is 1. The van der Waals surface area contributed by atoms with Gasteiger partial charge in [0.05, 0.1) is 5.92 Å². The van der Waals surface area contributed by atoms with E-state index < -0.39 is 0 Å². The van der Waals surface area contributed by atoms with Crippen molar-refractivity contribution < 1.29 is 9.53 Å². The van der Waals surface area contributed by atoms with Gasteiger partial charge in [0.25, 0.3) is 0 Å². The Hall–Kier alpha value is 0.200. The summed E-state index contributed by atoms with van der Waals surface area (Å²) >= 11 is 2.26. The first kappa shape index (κ1) is 9.29. The molecule has 0 amide bonds. The average Bonchev–Trinajstić information content (AvgIpc) is 2.15. The zero-order valence-corrected chi connectivity index (χ0v) is 8.84. The molecule has 1 fully saturated rings. The van der Waals surface area contributed by atoms with E-state index in [1.807, 2.05) is 6.92 Å². The molecule has 11 heavy (non-hydrogen) atoms. The van der Waals surface area contributed by atoms with Gasteiger partial charge in [0, 0.05) is 4.43 Å². The first-order valence-electron chi connectivity index (χ1n) is 4.00. The highest BCUT2D eigenvalue weighted by Gasteiger charge is 2.22. The van der Waals surface area contributed by atoms with Gasteiger partial charge in [-0.05, 0) is 19.3 Å². The fourth-order valence-electron chi connectivity index (χ4n) is 1.22. The van der Waals surface area contributed by atoms with Crippen LogP contribution in [0, 0.1) is 5.92 Å². The molecule has 0 bridgehead atoms. The summed E-state index contributed by atoms with van der Waals surface area (Å²) in [6, 6.07) is 0. The molecule has 0 saturated carbocycles. The predicted octanol–water partition coefficient (Wildman–Crippen LogP) is 2.15. The van der Waals surface area contributed by atoms with E-state index in [-0.39, 0.29) is 18.0 Å². The lowest BCUT2D eigenvalue weighted by atomic mass is 10.1. The molecule has 1 saturated heterocycles. The maximum atomic E-state index is 11.2. The summed E-state index contributed by atoms with van der Waals surface area (Å²) < 4.78 is 6.15. The van der Waals surface area contributed by atoms with E-state index in [1.54, 1.807) is 0 Å². The van der Waals surface area contributed by atoms with Crippen molar-refractivity contribution in [2.24, 2.45) is 5.92 Å². The zero-order chi connectivity index (χ0) is 8.27. The van der Waals surface area contributed by atoms with Crippen LogP contribution in [0.4, 0.5) is 0 Å². The number of ether oxygens (including phenoxy) is 1. The van der Waals surface area contributed by atoms with Gasteiger partial charge in [-0.1, -0.05) is 29.5 Å². The molecule has 1 aliphatic heterocycles. The number of carbonyl (C=O) groups excluding carboxylic acids is 1. The Morgan fingerprint density at radius 3 is 3.00 bits per heavy atom. The van der Waals surface area contributed by atoms with Crippen LogP contribution in [0.3, 0.4) is 0 Å². The van der Waals surface area contributed by atoms with Gasteiger partial charge >= 0.3 is 5.97 Å². The van der Waals surface area contributed by atoms with Crippen LogP contribution in [-0.2, 0) is 9.53 Å². The van der Waals surface area contributed by atoms with Gasteiger partial charge in [0.2, 0.25) is 0 Å². The number of esters is 1. The van der Waals surface area contributed by atoms with Crippen LogP contribution in [0.5, 0.6) is 0 Å². The van der Waals surface area contributed by atoms with Gasteiger partial charge in [0.15, 0.2) is 0 Å². The minimum atomic E-state index is -0.0100. The molecule has 64 valence electrons. The molecule has 0 aromatic carbocycles. The fraction of sp³-hybridized carbons (Fsp3) is 0.875. The van der Waals surface area contributed by atoms with Gasteiger partial charge in [-0.25, -0.2) is 0 Å². The fourth-order valence-corrected chi connectivity index (χ4v) is 1.84. The summed E-state index contributed by atoms with van der Waals surface area (Å²) in [6.45, 7) is 1.94. The minimum absolute atomic E-state index is 0.0100. The van der Waals surface area contributed by atoms with Crippen molar-refractivity contribution in [3.05, 3.63) is 0 Å². The lowest BCUT2D eigenvalue weighted by Crippen LogP contribution is -2.19. The first-order chi connectivity index (χ1) is 5.24. The van der Waals surface area contributed by atoms with E-state index in [4.69, 9.17) is 4.74 Å². The minimum Gasteiger partial charge on any atom is -0.461 e. The van der Waals surface area contributed by atoms with Crippen molar-refractivity contribution in [2.75, 3.05) is 4.43 Å². The predicted molar refractivity (Wildman–Crippen MR) is 51.8 cm³/mol. The van der Waals surface area contributed by atoms with Crippen LogP contribution < -0.4 is 0 Å². The molecule has 0 N–H and O–H groups in total. The monoisotopic (exact) mass is 268 g/mol. The lowest BCUT2D eigenvalue weighted by molar-refractivity contribution is -0.150. The third-order valence-corrected chi connectivity index (χ3v) is 3.00. The number of halogens is 1. The standard InChI is InChI=1S/C8H13IO2/c1-6-3-2-4-7(5-9)11-8(6)10/h6-7H,2-5H2,1H3/t6-,7+/m1/s1. The van der Waals surface area contributed by atoms with Crippen molar-refractivity contribution in [2.45, 2.75) is 32.3 Å². The Morgan fingerprint density at radius 1 is 1.64 bits per heavy atom. The van der Waals surface area contributed by atoms with Crippen molar-refractivity contribution in [3.63, 3.8) is 0 Å². The van der Waals surface area contributed by atoms with Crippen LogP contribution in [0.15, 0.2) is 0 Å². The molecule has 1 rings (SSSR count). The van der Waals surface area contributed by atoms with Crippen molar-refractivity contribution >= 4 is 28.6 Å². The van der Waals surface area contributed by atoms with E-state index in [2.05, 4.69) is 22.6 Å². The number of cyclic esters (lactones) is 1. The third kappa shape index (κ3) is 2.61. The highest BCUT2D eigenvalue weighted by molar-refractivity contribution is 14.1. The molecule has 3 heteroatoms. The Morgan fingerprint density at radius 2 is 2.36 bits per heavy atom. The van der Waals surface area contributed by atoms with Gasteiger partial charge in [-0.2, -0.15) is 0 Å². The average molecular weight is 268 g/mol. The SMILES string of the molecule is C[C@@H]1CCC[C@@H](CI)OC1=O. The molecule has 0 unspecified atom stereocenters. The van der Waals surface area contributed by atoms with Crippen molar-refractivity contribution in [1.29, 1.82) is 0 Å². The van der Waals surface area contributed by atoms with Gasteiger partial charge in [0.1, 0.15) is 6.10 Å². The van der Waals surface area contributed by atoms with Crippen LogP contribution in [0.25, 0.3) is 0 Å². The van der Waals surface area contributed by atoms with Crippen molar-refractivity contribution in [3.8, 4) is 0 Å². The normalized spacial score (nSPS) is 32.7. The van der Waals surface area contributed by atoms with Crippen LogP contribution >= 0.6 is 22.6 Å². The maximum absolute atomic E-state index is 11.2. The summed E-state index contributed by atoms with van der Waals surface area (Å²) in [7, 11) is 0. The Balaban J connectivity index is 2.48. The Kier molecular flexibility index (Phi) is 3.62. The number of alkyl halides is 1. The Labute approximate surface area is 80.8 Å². The smallest absolute Gasteiger partial charge is 0.308 e. The van der Waals surface area contributed by atoms with Crippen LogP contribution in [-0.4, -0.2) is 16.5 Å². The quantitative estimate of drug-likeness (QED) is 0.414. The van der Waals surface area contributed by atoms with E-state index in [1.165, 1.54) is 0 Å². The highest BCUT2D eigenvalue weighted by atomic mass is 127. The topological polar surface area (TPSA) is 26.3 Å². The second-order valence-corrected chi connectivity index (χ2v) is 3.93. The van der Waals surface area contributed by atoms with Gasteiger partial charge in [-0.3, -0.25) is 4.79 Å². The lowest BCUT2D eigenvalue weighted by Gasteiger charge is -2.11. The van der Waals surface area contributed by atoms with Gasteiger partial charge < -0.3 is 4.74 Å². The number of hydrogen-bond donors (Lipinski definition) is 0. The molecule has 2 nitrogen and oxygen atoms in total. The molecular weight excluding hydrogens is 255 g/mol. The first-order valence-corrected chi connectivity index (χ1v) is 5.53. The number of rotatable bonds is 1. The van der Waals surface area contributed by atoms with E-state index in [0.717, 1.165) is 23.7 Å². The largest absolute Gasteiger partial charge is 0.461 e. The Bertz CT molecular complexity index is 147. The molecule has 1 aliphatic rings. The molecule has 0 spiro atoms. The summed E-state index contributed by atoms with van der Waals surface area (Å²) in [4.78, 5) is 11.2. The molecule has 0 aromatic rings. The second kappa shape index (κ2) is 4.28. The van der Waals surface area contributed by atoms with E-state index in [9.17, 15) is 4.79 Å². The summed E-state index contributed by atoms with van der Waals surface area (Å²) in [6.07, 6.45) is 3.33. The van der Waals surface area contributed by atoms with Crippen LogP contribution in [0.1, 0.15) is 26.2 Å². The molecule has 1 heterocycles. The number of hydrogen-bond acceptors (Lipinski definition) is 2. The van der Waals surface area contributed by atoms with E-state index >= 15 is 0 Å². The molecule has 0 radical (unpaired) electrons. The third-order valence-electron chi connectivity index (χ3n) is 2.02. The maximum Gasteiger partial charge on any atom is 0.308 e. The van der Waals surface area contributed by atoms with E-state index in [0.29, 0.717) is 0 Å². The van der Waals surface area contributed by atoms with Crippen LogP contribution in [0.2, 0.25) is 0 Å². The molecule has 0 aliphatic carbocycles. The summed E-state index contributed by atoms with van der Waals surface area (Å²) in [5, 5.41) is 0. The summed E-state index contributed by atoms with van der Waals surface area (Å²) in [5.41, 5.74) is 0. The second-order valence-electron chi connectivity index (χ2n) is 3.05. The van der Waals surface area contributed by atoms with Crippen molar-refractivity contribution in [1.82, 2.24) is 0 Å². The molecule has 2 atom stereocenters. The summed E-state index contributed by atoms with van der Waals surface area (Å²) in [5.74, 6) is 0.104. The molecule has 0 aromatic heterocycles. The zero-order valence-electron chi connectivity index (χ0n) is 6.68.